The molecule has 1 unspecified atom stereocenters. The largest absolute Gasteiger partial charge is 0.416 e. The molecule has 0 radical (unpaired) electrons. The summed E-state index contributed by atoms with van der Waals surface area (Å²) in [6.07, 6.45) is -3.36. The minimum Gasteiger partial charge on any atom is -0.381 e. The molecule has 100 valence electrons. The standard InChI is InChI=1S/C12H14BrF3N2/c1-18-3-2-10(7-18)17-11-5-8(12(14,15)16)4-9(13)6-11/h4-6,10,17H,2-3,7H2,1H3. The Balaban J connectivity index is 2.15. The second kappa shape index (κ2) is 5.09. The van der Waals surface area contributed by atoms with E-state index in [-0.39, 0.29) is 6.04 Å². The van der Waals surface area contributed by atoms with Crippen LogP contribution in [0.25, 0.3) is 0 Å². The number of alkyl halides is 3. The zero-order valence-electron chi connectivity index (χ0n) is 9.89. The van der Waals surface area contributed by atoms with Gasteiger partial charge in [-0.1, -0.05) is 15.9 Å². The Kier molecular flexibility index (Phi) is 3.87. The number of rotatable bonds is 2. The van der Waals surface area contributed by atoms with Gasteiger partial charge in [0.25, 0.3) is 0 Å². The fraction of sp³-hybridized carbons (Fsp3) is 0.500. The van der Waals surface area contributed by atoms with Crippen LogP contribution in [0.15, 0.2) is 22.7 Å². The first kappa shape index (κ1) is 13.7. The van der Waals surface area contributed by atoms with Crippen LogP contribution in [0.5, 0.6) is 0 Å². The van der Waals surface area contributed by atoms with Gasteiger partial charge >= 0.3 is 6.18 Å². The lowest BCUT2D eigenvalue weighted by Crippen LogP contribution is -2.23. The van der Waals surface area contributed by atoms with Gasteiger partial charge in [-0.3, -0.25) is 0 Å². The number of likely N-dealkylation sites (tertiary alicyclic amines) is 1. The van der Waals surface area contributed by atoms with Crippen molar-refractivity contribution in [2.45, 2.75) is 18.6 Å². The Morgan fingerprint density at radius 2 is 2.06 bits per heavy atom. The molecule has 0 spiro atoms. The smallest absolute Gasteiger partial charge is 0.381 e. The van der Waals surface area contributed by atoms with Gasteiger partial charge in [0.1, 0.15) is 0 Å². The van der Waals surface area contributed by atoms with Gasteiger partial charge in [0.15, 0.2) is 0 Å². The van der Waals surface area contributed by atoms with Gasteiger partial charge in [0.2, 0.25) is 0 Å². The third-order valence-corrected chi connectivity index (χ3v) is 3.45. The monoisotopic (exact) mass is 322 g/mol. The van der Waals surface area contributed by atoms with Crippen molar-refractivity contribution in [1.82, 2.24) is 4.90 Å². The van der Waals surface area contributed by atoms with Crippen molar-refractivity contribution < 1.29 is 13.2 Å². The molecule has 2 nitrogen and oxygen atoms in total. The van der Waals surface area contributed by atoms with Crippen LogP contribution in [0.1, 0.15) is 12.0 Å². The maximum atomic E-state index is 12.7. The molecule has 1 fully saturated rings. The highest BCUT2D eigenvalue weighted by Crippen LogP contribution is 2.33. The van der Waals surface area contributed by atoms with E-state index in [0.717, 1.165) is 31.6 Å². The summed E-state index contributed by atoms with van der Waals surface area (Å²) in [7, 11) is 2.00. The molecule has 1 N–H and O–H groups in total. The summed E-state index contributed by atoms with van der Waals surface area (Å²) in [5, 5.41) is 3.15. The first-order valence-corrected chi connectivity index (χ1v) is 6.47. The van der Waals surface area contributed by atoms with Crippen LogP contribution in [-0.2, 0) is 6.18 Å². The van der Waals surface area contributed by atoms with Gasteiger partial charge in [-0.25, -0.2) is 0 Å². The Morgan fingerprint density at radius 3 is 2.61 bits per heavy atom. The SMILES string of the molecule is CN1CCC(Nc2cc(Br)cc(C(F)(F)F)c2)C1. The van der Waals surface area contributed by atoms with Crippen molar-refractivity contribution >= 4 is 21.6 Å². The predicted octanol–water partition coefficient (Wildman–Crippen LogP) is 3.58. The average Bonchev–Trinajstić information content (AvgIpc) is 2.61. The van der Waals surface area contributed by atoms with Gasteiger partial charge in [0, 0.05) is 22.7 Å². The van der Waals surface area contributed by atoms with Crippen molar-refractivity contribution in [3.05, 3.63) is 28.2 Å². The molecule has 6 heteroatoms. The molecule has 1 heterocycles. The molecule has 0 aromatic heterocycles. The maximum absolute atomic E-state index is 12.7. The van der Waals surface area contributed by atoms with Gasteiger partial charge < -0.3 is 10.2 Å². The zero-order valence-corrected chi connectivity index (χ0v) is 11.5. The van der Waals surface area contributed by atoms with Crippen LogP contribution in [0.3, 0.4) is 0 Å². The summed E-state index contributed by atoms with van der Waals surface area (Å²) in [5.74, 6) is 0. The molecular weight excluding hydrogens is 309 g/mol. The van der Waals surface area contributed by atoms with E-state index in [9.17, 15) is 13.2 Å². The maximum Gasteiger partial charge on any atom is 0.416 e. The molecule has 1 aromatic carbocycles. The number of hydrogen-bond acceptors (Lipinski definition) is 2. The van der Waals surface area contributed by atoms with Gasteiger partial charge in [-0.05, 0) is 38.2 Å². The summed E-state index contributed by atoms with van der Waals surface area (Å²) in [6.45, 7) is 1.83. The molecule has 18 heavy (non-hydrogen) atoms. The zero-order chi connectivity index (χ0) is 13.3. The molecule has 1 aliphatic rings. The highest BCUT2D eigenvalue weighted by Gasteiger charge is 2.31. The molecule has 0 bridgehead atoms. The second-order valence-corrected chi connectivity index (χ2v) is 5.53. The van der Waals surface area contributed by atoms with Crippen LogP contribution in [-0.4, -0.2) is 31.1 Å². The van der Waals surface area contributed by atoms with Gasteiger partial charge in [-0.15, -0.1) is 0 Å². The third kappa shape index (κ3) is 3.38. The number of nitrogens with one attached hydrogen (secondary N) is 1. The number of likely N-dealkylation sites (N-methyl/N-ethyl adjacent to an activating group) is 1. The Bertz CT molecular complexity index is 434. The minimum atomic E-state index is -4.31. The Labute approximate surface area is 112 Å². The van der Waals surface area contributed by atoms with Crippen LogP contribution in [0.4, 0.5) is 18.9 Å². The van der Waals surface area contributed by atoms with Crippen LogP contribution < -0.4 is 5.32 Å². The summed E-state index contributed by atoms with van der Waals surface area (Å²) in [6, 6.07) is 4.13. The summed E-state index contributed by atoms with van der Waals surface area (Å²) >= 11 is 3.12. The van der Waals surface area contributed by atoms with Gasteiger partial charge in [0.05, 0.1) is 5.56 Å². The van der Waals surface area contributed by atoms with Crippen molar-refractivity contribution in [2.75, 3.05) is 25.5 Å². The number of anilines is 1. The van der Waals surface area contributed by atoms with Crippen molar-refractivity contribution in [2.24, 2.45) is 0 Å². The van der Waals surface area contributed by atoms with E-state index >= 15 is 0 Å². The van der Waals surface area contributed by atoms with E-state index in [4.69, 9.17) is 0 Å². The minimum absolute atomic E-state index is 0.213. The number of nitrogens with zero attached hydrogens (tertiary/aromatic N) is 1. The molecule has 1 aliphatic heterocycles. The number of benzene rings is 1. The molecule has 0 amide bonds. The van der Waals surface area contributed by atoms with Crippen LogP contribution in [0.2, 0.25) is 0 Å². The van der Waals surface area contributed by atoms with E-state index in [0.29, 0.717) is 10.2 Å². The molecule has 0 saturated carbocycles. The normalized spacial score (nSPS) is 21.3. The second-order valence-electron chi connectivity index (χ2n) is 4.62. The Hall–Kier alpha value is -0.750. The van der Waals surface area contributed by atoms with E-state index in [1.165, 1.54) is 0 Å². The fourth-order valence-corrected chi connectivity index (χ4v) is 2.62. The molecule has 0 aliphatic carbocycles. The molecule has 1 aromatic rings. The molecular formula is C12H14BrF3N2. The van der Waals surface area contributed by atoms with E-state index in [1.807, 2.05) is 7.05 Å². The first-order chi connectivity index (χ1) is 8.34. The topological polar surface area (TPSA) is 15.3 Å². The lowest BCUT2D eigenvalue weighted by Gasteiger charge is -2.16. The molecule has 1 atom stereocenters. The van der Waals surface area contributed by atoms with Crippen LogP contribution >= 0.6 is 15.9 Å². The van der Waals surface area contributed by atoms with Crippen LogP contribution in [0, 0.1) is 0 Å². The number of hydrogen-bond donors (Lipinski definition) is 1. The van der Waals surface area contributed by atoms with E-state index < -0.39 is 11.7 Å². The van der Waals surface area contributed by atoms with Crippen molar-refractivity contribution in [3.8, 4) is 0 Å². The third-order valence-electron chi connectivity index (χ3n) is 2.99. The lowest BCUT2D eigenvalue weighted by atomic mass is 10.1. The number of halogens is 4. The van der Waals surface area contributed by atoms with E-state index in [2.05, 4.69) is 26.1 Å². The van der Waals surface area contributed by atoms with Gasteiger partial charge in [-0.2, -0.15) is 13.2 Å². The quantitative estimate of drug-likeness (QED) is 0.895. The molecule has 2 rings (SSSR count). The predicted molar refractivity (Wildman–Crippen MR) is 68.7 cm³/mol. The van der Waals surface area contributed by atoms with Crippen molar-refractivity contribution in [1.29, 1.82) is 0 Å². The highest BCUT2D eigenvalue weighted by atomic mass is 79.9. The Morgan fingerprint density at radius 1 is 1.33 bits per heavy atom. The molecule has 1 saturated heterocycles. The first-order valence-electron chi connectivity index (χ1n) is 5.67. The van der Waals surface area contributed by atoms with E-state index in [1.54, 1.807) is 6.07 Å². The average molecular weight is 323 g/mol. The lowest BCUT2D eigenvalue weighted by molar-refractivity contribution is -0.137. The fourth-order valence-electron chi connectivity index (χ4n) is 2.13. The summed E-state index contributed by atoms with van der Waals surface area (Å²) < 4.78 is 38.4. The highest BCUT2D eigenvalue weighted by molar-refractivity contribution is 9.10. The summed E-state index contributed by atoms with van der Waals surface area (Å²) in [5.41, 5.74) is -0.122. The van der Waals surface area contributed by atoms with Crippen molar-refractivity contribution in [3.63, 3.8) is 0 Å². The summed E-state index contributed by atoms with van der Waals surface area (Å²) in [4.78, 5) is 2.15.